The Balaban J connectivity index is 2.78. The molecule has 5 heteroatoms. The molecule has 2 rings (SSSR count). The molecule has 0 fully saturated rings. The van der Waals surface area contributed by atoms with Crippen molar-refractivity contribution in [2.75, 3.05) is 0 Å². The second-order valence-electron chi connectivity index (χ2n) is 4.73. The van der Waals surface area contributed by atoms with E-state index in [9.17, 15) is 14.4 Å². The molecule has 1 aromatic heterocycles. The zero-order valence-corrected chi connectivity index (χ0v) is 12.4. The molecule has 1 heterocycles. The van der Waals surface area contributed by atoms with Crippen LogP contribution in [-0.4, -0.2) is 14.9 Å². The summed E-state index contributed by atoms with van der Waals surface area (Å²) in [6, 6.07) is 8.63. The third kappa shape index (κ3) is 2.46. The van der Waals surface area contributed by atoms with E-state index >= 15 is 0 Å². The van der Waals surface area contributed by atoms with Crippen molar-refractivity contribution < 1.29 is 4.79 Å². The zero-order valence-electron chi connectivity index (χ0n) is 12.4. The van der Waals surface area contributed by atoms with E-state index in [1.807, 2.05) is 6.92 Å². The Kier molecular flexibility index (Phi) is 4.21. The summed E-state index contributed by atoms with van der Waals surface area (Å²) in [7, 11) is 0. The molecule has 0 N–H and O–H groups in total. The van der Waals surface area contributed by atoms with Gasteiger partial charge in [0.1, 0.15) is 5.56 Å². The van der Waals surface area contributed by atoms with E-state index in [2.05, 4.69) is 0 Å². The van der Waals surface area contributed by atoms with Crippen molar-refractivity contribution in [3.63, 3.8) is 0 Å². The number of carbonyl (C=O) groups excluding carboxylic acids is 1. The van der Waals surface area contributed by atoms with Crippen LogP contribution in [0.15, 0.2) is 39.9 Å². The highest BCUT2D eigenvalue weighted by molar-refractivity contribution is 6.09. The molecule has 110 valence electrons. The SMILES string of the molecule is CCn1c(C)c(C(=O)c2ccccc2)c(=O)n(CC)c1=O. The van der Waals surface area contributed by atoms with Gasteiger partial charge < -0.3 is 0 Å². The fourth-order valence-electron chi connectivity index (χ4n) is 2.45. The van der Waals surface area contributed by atoms with E-state index in [0.717, 1.165) is 4.57 Å². The number of nitrogens with zero attached hydrogens (tertiary/aromatic N) is 2. The van der Waals surface area contributed by atoms with Crippen LogP contribution in [0.3, 0.4) is 0 Å². The summed E-state index contributed by atoms with van der Waals surface area (Å²) in [5, 5.41) is 0. The fourth-order valence-corrected chi connectivity index (χ4v) is 2.45. The van der Waals surface area contributed by atoms with E-state index in [1.54, 1.807) is 44.2 Å². The lowest BCUT2D eigenvalue weighted by atomic mass is 10.0. The van der Waals surface area contributed by atoms with Crippen molar-refractivity contribution in [1.82, 2.24) is 9.13 Å². The Bertz CT molecular complexity index is 786. The molecule has 0 aliphatic carbocycles. The van der Waals surface area contributed by atoms with Crippen molar-refractivity contribution in [3.05, 3.63) is 68.0 Å². The molecule has 0 radical (unpaired) electrons. The first-order valence-electron chi connectivity index (χ1n) is 6.96. The van der Waals surface area contributed by atoms with Crippen LogP contribution < -0.4 is 11.2 Å². The Labute approximate surface area is 122 Å². The van der Waals surface area contributed by atoms with Crippen molar-refractivity contribution >= 4 is 5.78 Å². The predicted octanol–water partition coefficient (Wildman–Crippen LogP) is 1.59. The highest BCUT2D eigenvalue weighted by atomic mass is 16.2. The van der Waals surface area contributed by atoms with Crippen LogP contribution in [0, 0.1) is 6.92 Å². The molecule has 0 saturated carbocycles. The molecule has 0 saturated heterocycles. The summed E-state index contributed by atoms with van der Waals surface area (Å²) in [5.74, 6) is -0.345. The zero-order chi connectivity index (χ0) is 15.6. The molecule has 0 atom stereocenters. The maximum Gasteiger partial charge on any atom is 0.331 e. The normalized spacial score (nSPS) is 10.6. The number of ketones is 1. The van der Waals surface area contributed by atoms with Crippen molar-refractivity contribution in [2.24, 2.45) is 0 Å². The summed E-state index contributed by atoms with van der Waals surface area (Å²) in [6.45, 7) is 5.83. The molecule has 21 heavy (non-hydrogen) atoms. The van der Waals surface area contributed by atoms with Crippen molar-refractivity contribution in [2.45, 2.75) is 33.9 Å². The van der Waals surface area contributed by atoms with Gasteiger partial charge in [0.05, 0.1) is 0 Å². The highest BCUT2D eigenvalue weighted by Gasteiger charge is 2.21. The van der Waals surface area contributed by atoms with Gasteiger partial charge in [-0.15, -0.1) is 0 Å². The Morgan fingerprint density at radius 1 is 1.00 bits per heavy atom. The first kappa shape index (κ1) is 15.0. The monoisotopic (exact) mass is 286 g/mol. The second kappa shape index (κ2) is 5.91. The first-order valence-corrected chi connectivity index (χ1v) is 6.96. The number of benzene rings is 1. The molecular weight excluding hydrogens is 268 g/mol. The summed E-state index contributed by atoms with van der Waals surface area (Å²) in [6.07, 6.45) is 0. The first-order chi connectivity index (χ1) is 10.0. The quantitative estimate of drug-likeness (QED) is 0.802. The number of aromatic nitrogens is 2. The maximum atomic E-state index is 12.6. The molecule has 0 amide bonds. The third-order valence-corrected chi connectivity index (χ3v) is 3.58. The molecule has 5 nitrogen and oxygen atoms in total. The van der Waals surface area contributed by atoms with E-state index in [0.29, 0.717) is 17.8 Å². The van der Waals surface area contributed by atoms with E-state index in [4.69, 9.17) is 0 Å². The van der Waals surface area contributed by atoms with Crippen LogP contribution in [0.25, 0.3) is 0 Å². The number of hydrogen-bond acceptors (Lipinski definition) is 3. The minimum absolute atomic E-state index is 0.0736. The summed E-state index contributed by atoms with van der Waals surface area (Å²) in [5.41, 5.74) is 0.0582. The highest BCUT2D eigenvalue weighted by Crippen LogP contribution is 2.09. The van der Waals surface area contributed by atoms with E-state index < -0.39 is 5.56 Å². The lowest BCUT2D eigenvalue weighted by Crippen LogP contribution is -2.43. The molecule has 1 aromatic carbocycles. The van der Waals surface area contributed by atoms with Gasteiger partial charge in [0.2, 0.25) is 0 Å². The molecule has 0 aliphatic heterocycles. The molecule has 0 bridgehead atoms. The molecule has 0 unspecified atom stereocenters. The predicted molar refractivity (Wildman–Crippen MR) is 80.9 cm³/mol. The van der Waals surface area contributed by atoms with Gasteiger partial charge in [-0.3, -0.25) is 18.7 Å². The Hall–Kier alpha value is -2.43. The molecule has 0 spiro atoms. The van der Waals surface area contributed by atoms with E-state index in [1.165, 1.54) is 4.57 Å². The van der Waals surface area contributed by atoms with Crippen LogP contribution in [0.5, 0.6) is 0 Å². The van der Waals surface area contributed by atoms with Crippen LogP contribution in [0.4, 0.5) is 0 Å². The van der Waals surface area contributed by atoms with E-state index in [-0.39, 0.29) is 23.6 Å². The van der Waals surface area contributed by atoms with Crippen LogP contribution in [0.1, 0.15) is 35.5 Å². The van der Waals surface area contributed by atoms with Crippen molar-refractivity contribution in [1.29, 1.82) is 0 Å². The molecule has 2 aromatic rings. The van der Waals surface area contributed by atoms with Crippen LogP contribution in [-0.2, 0) is 13.1 Å². The number of rotatable bonds is 4. The summed E-state index contributed by atoms with van der Waals surface area (Å²) < 4.78 is 2.56. The lowest BCUT2D eigenvalue weighted by Gasteiger charge is -2.14. The summed E-state index contributed by atoms with van der Waals surface area (Å²) >= 11 is 0. The van der Waals surface area contributed by atoms with Gasteiger partial charge >= 0.3 is 5.69 Å². The average molecular weight is 286 g/mol. The average Bonchev–Trinajstić information content (AvgIpc) is 2.49. The minimum atomic E-state index is -0.515. The van der Waals surface area contributed by atoms with Crippen molar-refractivity contribution in [3.8, 4) is 0 Å². The van der Waals surface area contributed by atoms with Gasteiger partial charge in [0, 0.05) is 24.3 Å². The smallest absolute Gasteiger partial charge is 0.297 e. The van der Waals surface area contributed by atoms with Crippen LogP contribution >= 0.6 is 0 Å². The Morgan fingerprint density at radius 3 is 2.10 bits per heavy atom. The largest absolute Gasteiger partial charge is 0.331 e. The number of hydrogen-bond donors (Lipinski definition) is 0. The standard InChI is InChI=1S/C16H18N2O3/c1-4-17-11(3)13(15(20)18(5-2)16(17)21)14(19)12-9-7-6-8-10-12/h6-10H,4-5H2,1-3H3. The van der Waals surface area contributed by atoms with Gasteiger partial charge in [-0.25, -0.2) is 4.79 Å². The summed E-state index contributed by atoms with van der Waals surface area (Å²) in [4.78, 5) is 37.3. The molecule has 0 aliphatic rings. The molecular formula is C16H18N2O3. The topological polar surface area (TPSA) is 61.1 Å². The Morgan fingerprint density at radius 2 is 1.57 bits per heavy atom. The van der Waals surface area contributed by atoms with Gasteiger partial charge in [0.15, 0.2) is 5.78 Å². The number of carbonyl (C=O) groups is 1. The minimum Gasteiger partial charge on any atom is -0.297 e. The third-order valence-electron chi connectivity index (χ3n) is 3.58. The van der Waals surface area contributed by atoms with Gasteiger partial charge in [0.25, 0.3) is 5.56 Å². The van der Waals surface area contributed by atoms with Gasteiger partial charge in [-0.2, -0.15) is 0 Å². The lowest BCUT2D eigenvalue weighted by molar-refractivity contribution is 0.103. The van der Waals surface area contributed by atoms with Gasteiger partial charge in [-0.05, 0) is 20.8 Å². The fraction of sp³-hybridized carbons (Fsp3) is 0.312. The van der Waals surface area contributed by atoms with Crippen LogP contribution in [0.2, 0.25) is 0 Å². The second-order valence-corrected chi connectivity index (χ2v) is 4.73. The maximum absolute atomic E-state index is 12.6. The van der Waals surface area contributed by atoms with Gasteiger partial charge in [-0.1, -0.05) is 30.3 Å².